The van der Waals surface area contributed by atoms with Crippen molar-refractivity contribution in [2.45, 2.75) is 16.7 Å². The van der Waals surface area contributed by atoms with Crippen LogP contribution in [0.15, 0.2) is 15.9 Å². The van der Waals surface area contributed by atoms with E-state index in [1.54, 1.807) is 0 Å². The van der Waals surface area contributed by atoms with Crippen molar-refractivity contribution in [3.8, 4) is 0 Å². The van der Waals surface area contributed by atoms with Gasteiger partial charge < -0.3 is 11.1 Å². The van der Waals surface area contributed by atoms with Crippen LogP contribution in [0.2, 0.25) is 0 Å². The summed E-state index contributed by atoms with van der Waals surface area (Å²) in [6.07, 6.45) is 0. The number of nitrogens with one attached hydrogen (secondary N) is 1. The van der Waals surface area contributed by atoms with Crippen molar-refractivity contribution in [2.24, 2.45) is 0 Å². The maximum Gasteiger partial charge on any atom is 0.296 e. The largest absolute Gasteiger partial charge is 0.398 e. The molecule has 8 nitrogen and oxygen atoms in total. The fourth-order valence-corrected chi connectivity index (χ4v) is 3.29. The van der Waals surface area contributed by atoms with Gasteiger partial charge in [0.05, 0.1) is 5.69 Å². The second-order valence-electron chi connectivity index (χ2n) is 3.49. The minimum absolute atomic E-state index is 0.0192. The molecular weight excluding hydrogens is 284 g/mol. The molecule has 0 aliphatic heterocycles. The molecule has 0 bridgehead atoms. The zero-order valence-corrected chi connectivity index (χ0v) is 11.1. The van der Waals surface area contributed by atoms with Crippen LogP contribution in [0.4, 0.5) is 11.4 Å². The van der Waals surface area contributed by atoms with Gasteiger partial charge in [-0.15, -0.1) is 0 Å². The molecule has 5 N–H and O–H groups in total. The van der Waals surface area contributed by atoms with Gasteiger partial charge in [-0.1, -0.05) is 0 Å². The molecule has 0 aromatic heterocycles. The summed E-state index contributed by atoms with van der Waals surface area (Å²) in [4.78, 5) is -1.40. The molecule has 0 atom stereocenters. The topological polar surface area (TPSA) is 147 Å². The van der Waals surface area contributed by atoms with Crippen LogP contribution in [0.3, 0.4) is 0 Å². The molecule has 10 heteroatoms. The fourth-order valence-electron chi connectivity index (χ4n) is 1.51. The predicted molar refractivity (Wildman–Crippen MR) is 64.8 cm³/mol. The molecule has 0 aliphatic rings. The van der Waals surface area contributed by atoms with Crippen LogP contribution in [0.1, 0.15) is 5.56 Å². The Morgan fingerprint density at radius 2 is 1.67 bits per heavy atom. The van der Waals surface area contributed by atoms with Gasteiger partial charge in [0.1, 0.15) is 9.79 Å². The summed E-state index contributed by atoms with van der Waals surface area (Å²) in [5.74, 6) is 0. The Labute approximate surface area is 104 Å². The second-order valence-corrected chi connectivity index (χ2v) is 6.24. The van der Waals surface area contributed by atoms with Crippen molar-refractivity contribution < 1.29 is 25.9 Å². The molecule has 1 rings (SSSR count). The zero-order valence-electron chi connectivity index (χ0n) is 9.50. The Bertz CT molecular complexity index is 693. The van der Waals surface area contributed by atoms with E-state index in [0.29, 0.717) is 0 Å². The Hall–Kier alpha value is -1.36. The standard InChI is InChI=1S/C8H12N2O6S2/c1-4-5(9)3-6(17(11,12)13)7(10-2)8(4)18(14,15)16/h3,10H,9H2,1-2H3,(H,11,12,13)(H,14,15,16). The molecule has 0 spiro atoms. The zero-order chi connectivity index (χ0) is 14.3. The van der Waals surface area contributed by atoms with Crippen LogP contribution in [0, 0.1) is 6.92 Å². The summed E-state index contributed by atoms with van der Waals surface area (Å²) in [5, 5.41) is 2.31. The lowest BCUT2D eigenvalue weighted by atomic mass is 10.2. The molecule has 1 aromatic rings. The first kappa shape index (κ1) is 14.7. The van der Waals surface area contributed by atoms with Gasteiger partial charge in [0.2, 0.25) is 0 Å². The fraction of sp³-hybridized carbons (Fsp3) is 0.250. The smallest absolute Gasteiger partial charge is 0.296 e. The highest BCUT2D eigenvalue weighted by molar-refractivity contribution is 7.87. The Balaban J connectivity index is 3.99. The van der Waals surface area contributed by atoms with Crippen molar-refractivity contribution in [3.63, 3.8) is 0 Å². The van der Waals surface area contributed by atoms with Gasteiger partial charge in [0.15, 0.2) is 0 Å². The van der Waals surface area contributed by atoms with Crippen LogP contribution in [0.25, 0.3) is 0 Å². The highest BCUT2D eigenvalue weighted by Gasteiger charge is 2.27. The Morgan fingerprint density at radius 1 is 1.17 bits per heavy atom. The average Bonchev–Trinajstić information content (AvgIpc) is 2.17. The first-order valence-corrected chi connectivity index (χ1v) is 7.44. The van der Waals surface area contributed by atoms with Crippen molar-refractivity contribution in [1.29, 1.82) is 0 Å². The molecule has 0 unspecified atom stereocenters. The summed E-state index contributed by atoms with van der Waals surface area (Å²) < 4.78 is 62.9. The molecule has 0 saturated carbocycles. The van der Waals surface area contributed by atoms with E-state index in [2.05, 4.69) is 5.32 Å². The third-order valence-electron chi connectivity index (χ3n) is 2.32. The highest BCUT2D eigenvalue weighted by atomic mass is 32.2. The molecular formula is C8H12N2O6S2. The van der Waals surface area contributed by atoms with Gasteiger partial charge in [-0.2, -0.15) is 16.8 Å². The van der Waals surface area contributed by atoms with Gasteiger partial charge in [-0.25, -0.2) is 0 Å². The first-order chi connectivity index (χ1) is 8.00. The maximum absolute atomic E-state index is 11.2. The quantitative estimate of drug-likeness (QED) is 0.454. The molecule has 0 fully saturated rings. The van der Waals surface area contributed by atoms with Crippen molar-refractivity contribution in [2.75, 3.05) is 18.1 Å². The van der Waals surface area contributed by atoms with Crippen LogP contribution in [0.5, 0.6) is 0 Å². The lowest BCUT2D eigenvalue weighted by molar-refractivity contribution is 0.481. The Morgan fingerprint density at radius 3 is 2.00 bits per heavy atom. The third-order valence-corrected chi connectivity index (χ3v) is 4.22. The van der Waals surface area contributed by atoms with Crippen molar-refractivity contribution in [3.05, 3.63) is 11.6 Å². The van der Waals surface area contributed by atoms with Crippen LogP contribution < -0.4 is 11.1 Å². The Kier molecular flexibility index (Phi) is 3.58. The van der Waals surface area contributed by atoms with E-state index in [9.17, 15) is 16.8 Å². The molecule has 18 heavy (non-hydrogen) atoms. The number of anilines is 2. The molecule has 0 aliphatic carbocycles. The number of benzene rings is 1. The number of hydrogen-bond donors (Lipinski definition) is 4. The number of hydrogen-bond acceptors (Lipinski definition) is 6. The summed E-state index contributed by atoms with van der Waals surface area (Å²) in [5.41, 5.74) is 4.82. The third kappa shape index (κ3) is 2.56. The molecule has 0 radical (unpaired) electrons. The normalized spacial score (nSPS) is 12.4. The van der Waals surface area contributed by atoms with E-state index in [0.717, 1.165) is 6.07 Å². The predicted octanol–water partition coefficient (Wildman–Crippen LogP) is 0.112. The molecule has 0 heterocycles. The van der Waals surface area contributed by atoms with E-state index in [1.165, 1.54) is 14.0 Å². The SMILES string of the molecule is CNc1c(S(=O)(=O)O)cc(N)c(C)c1S(=O)(=O)O. The summed E-state index contributed by atoms with van der Waals surface area (Å²) in [7, 11) is -8.14. The van der Waals surface area contributed by atoms with E-state index in [4.69, 9.17) is 14.8 Å². The maximum atomic E-state index is 11.2. The van der Waals surface area contributed by atoms with Crippen molar-refractivity contribution in [1.82, 2.24) is 0 Å². The summed E-state index contributed by atoms with van der Waals surface area (Å²) >= 11 is 0. The van der Waals surface area contributed by atoms with Gasteiger partial charge >= 0.3 is 0 Å². The monoisotopic (exact) mass is 296 g/mol. The lowest BCUT2D eigenvalue weighted by Crippen LogP contribution is -2.13. The second kappa shape index (κ2) is 4.39. The highest BCUT2D eigenvalue weighted by Crippen LogP contribution is 2.35. The van der Waals surface area contributed by atoms with E-state index in [1.807, 2.05) is 0 Å². The molecule has 1 aromatic carbocycles. The summed E-state index contributed by atoms with van der Waals surface area (Å²) in [6.45, 7) is 1.30. The van der Waals surface area contributed by atoms with Gasteiger partial charge in [0.25, 0.3) is 20.2 Å². The van der Waals surface area contributed by atoms with Crippen LogP contribution >= 0.6 is 0 Å². The minimum Gasteiger partial charge on any atom is -0.398 e. The number of rotatable bonds is 3. The molecule has 0 amide bonds. The first-order valence-electron chi connectivity index (χ1n) is 4.56. The van der Waals surface area contributed by atoms with E-state index in [-0.39, 0.29) is 11.3 Å². The van der Waals surface area contributed by atoms with Crippen LogP contribution in [-0.2, 0) is 20.2 Å². The average molecular weight is 296 g/mol. The van der Waals surface area contributed by atoms with E-state index < -0.39 is 35.7 Å². The summed E-state index contributed by atoms with van der Waals surface area (Å²) in [6, 6.07) is 0.908. The number of nitrogen functional groups attached to an aromatic ring is 1. The molecule has 102 valence electrons. The minimum atomic E-state index is -4.70. The van der Waals surface area contributed by atoms with Gasteiger partial charge in [0, 0.05) is 12.7 Å². The number of nitrogens with two attached hydrogens (primary N) is 1. The van der Waals surface area contributed by atoms with Gasteiger partial charge in [-0.3, -0.25) is 9.11 Å². The van der Waals surface area contributed by atoms with Gasteiger partial charge in [-0.05, 0) is 18.6 Å². The molecule has 0 saturated heterocycles. The van der Waals surface area contributed by atoms with Crippen molar-refractivity contribution >= 4 is 31.6 Å². The van der Waals surface area contributed by atoms with Crippen LogP contribution in [-0.4, -0.2) is 33.0 Å². The van der Waals surface area contributed by atoms with E-state index >= 15 is 0 Å². The lowest BCUT2D eigenvalue weighted by Gasteiger charge is -2.15.